The van der Waals surface area contributed by atoms with Gasteiger partial charge < -0.3 is 15.4 Å². The van der Waals surface area contributed by atoms with Crippen LogP contribution in [-0.2, 0) is 0 Å². The number of aryl methyl sites for hydroxylation is 1. The lowest BCUT2D eigenvalue weighted by Crippen LogP contribution is -2.32. The molecule has 2 heterocycles. The van der Waals surface area contributed by atoms with Crippen molar-refractivity contribution in [1.82, 2.24) is 10.3 Å². The monoisotopic (exact) mass is 312 g/mol. The van der Waals surface area contributed by atoms with Crippen molar-refractivity contribution in [2.75, 3.05) is 6.54 Å². The van der Waals surface area contributed by atoms with E-state index in [9.17, 15) is 14.7 Å². The molecule has 3 N–H and O–H groups in total. The third-order valence-electron chi connectivity index (χ3n) is 2.68. The van der Waals surface area contributed by atoms with Gasteiger partial charge in [-0.3, -0.25) is 9.59 Å². The van der Waals surface area contributed by atoms with E-state index in [4.69, 9.17) is 11.6 Å². The molecule has 1 unspecified atom stereocenters. The molecule has 7 heteroatoms. The number of H-pyrrole nitrogens is 1. The van der Waals surface area contributed by atoms with E-state index in [2.05, 4.69) is 10.3 Å². The molecule has 106 valence electrons. The van der Waals surface area contributed by atoms with Gasteiger partial charge in [-0.1, -0.05) is 11.6 Å². The standard InChI is InChI=1S/C13H13ClN2O3S/c1-7-2-3-8(13(19)16-7)12(18)15-6-9(17)10-4-5-11(14)20-10/h2-5,9,17H,6H2,1H3,(H,15,18)(H,16,19). The van der Waals surface area contributed by atoms with Crippen molar-refractivity contribution in [1.29, 1.82) is 0 Å². The fourth-order valence-corrected chi connectivity index (χ4v) is 2.69. The Hall–Kier alpha value is -1.63. The van der Waals surface area contributed by atoms with E-state index >= 15 is 0 Å². The quantitative estimate of drug-likeness (QED) is 0.806. The average molecular weight is 313 g/mol. The second-order valence-electron chi connectivity index (χ2n) is 4.25. The average Bonchev–Trinajstić information content (AvgIpc) is 2.82. The van der Waals surface area contributed by atoms with Crippen LogP contribution < -0.4 is 10.9 Å². The smallest absolute Gasteiger partial charge is 0.260 e. The highest BCUT2D eigenvalue weighted by Gasteiger charge is 2.14. The van der Waals surface area contributed by atoms with Crippen molar-refractivity contribution in [3.8, 4) is 0 Å². The fraction of sp³-hybridized carbons (Fsp3) is 0.231. The first-order valence-electron chi connectivity index (χ1n) is 5.89. The van der Waals surface area contributed by atoms with E-state index in [1.54, 1.807) is 25.1 Å². The first kappa shape index (κ1) is 14.8. The van der Waals surface area contributed by atoms with Gasteiger partial charge in [-0.25, -0.2) is 0 Å². The zero-order valence-electron chi connectivity index (χ0n) is 10.6. The van der Waals surface area contributed by atoms with E-state index in [-0.39, 0.29) is 12.1 Å². The second-order valence-corrected chi connectivity index (χ2v) is 6.00. The molecule has 2 aromatic heterocycles. The molecule has 0 aromatic carbocycles. The number of pyridine rings is 1. The van der Waals surface area contributed by atoms with Crippen molar-refractivity contribution in [2.45, 2.75) is 13.0 Å². The minimum absolute atomic E-state index is 0.0169. The molecule has 0 aliphatic heterocycles. The van der Waals surface area contributed by atoms with Crippen LogP contribution in [-0.4, -0.2) is 22.5 Å². The van der Waals surface area contributed by atoms with E-state index < -0.39 is 17.6 Å². The molecule has 1 amide bonds. The minimum Gasteiger partial charge on any atom is -0.386 e. The van der Waals surface area contributed by atoms with E-state index in [0.717, 1.165) is 0 Å². The number of aromatic nitrogens is 1. The molecule has 2 aromatic rings. The summed E-state index contributed by atoms with van der Waals surface area (Å²) >= 11 is 7.02. The van der Waals surface area contributed by atoms with Crippen molar-refractivity contribution in [3.63, 3.8) is 0 Å². The summed E-state index contributed by atoms with van der Waals surface area (Å²) in [6, 6.07) is 6.48. The van der Waals surface area contributed by atoms with Crippen molar-refractivity contribution in [2.24, 2.45) is 0 Å². The van der Waals surface area contributed by atoms with Crippen molar-refractivity contribution in [3.05, 3.63) is 55.1 Å². The summed E-state index contributed by atoms with van der Waals surface area (Å²) in [5.74, 6) is -0.520. The summed E-state index contributed by atoms with van der Waals surface area (Å²) in [6.45, 7) is 1.75. The third kappa shape index (κ3) is 3.47. The van der Waals surface area contributed by atoms with E-state index in [0.29, 0.717) is 14.9 Å². The number of thiophene rings is 1. The van der Waals surface area contributed by atoms with Crippen LogP contribution in [0, 0.1) is 6.92 Å². The highest BCUT2D eigenvalue weighted by Crippen LogP contribution is 2.26. The number of halogens is 1. The number of amides is 1. The molecule has 0 fully saturated rings. The van der Waals surface area contributed by atoms with Crippen LogP contribution in [0.25, 0.3) is 0 Å². The molecule has 0 aliphatic carbocycles. The predicted molar refractivity (Wildman–Crippen MR) is 78.4 cm³/mol. The molecule has 5 nitrogen and oxygen atoms in total. The maximum Gasteiger partial charge on any atom is 0.260 e. The van der Waals surface area contributed by atoms with Gasteiger partial charge in [0.15, 0.2) is 0 Å². The summed E-state index contributed by atoms with van der Waals surface area (Å²) in [5.41, 5.74) is 0.253. The largest absolute Gasteiger partial charge is 0.386 e. The fourth-order valence-electron chi connectivity index (χ4n) is 1.64. The molecule has 0 radical (unpaired) electrons. The third-order valence-corrected chi connectivity index (χ3v) is 4.01. The van der Waals surface area contributed by atoms with Gasteiger partial charge in [0.25, 0.3) is 11.5 Å². The lowest BCUT2D eigenvalue weighted by atomic mass is 10.2. The van der Waals surface area contributed by atoms with Crippen LogP contribution in [0.5, 0.6) is 0 Å². The number of rotatable bonds is 4. The number of hydrogen-bond donors (Lipinski definition) is 3. The van der Waals surface area contributed by atoms with Gasteiger partial charge in [0.05, 0.1) is 4.34 Å². The SMILES string of the molecule is Cc1ccc(C(=O)NCC(O)c2ccc(Cl)s2)c(=O)[nH]1. The van der Waals surface area contributed by atoms with Crippen LogP contribution in [0.1, 0.15) is 27.0 Å². The number of carbonyl (C=O) groups is 1. The predicted octanol–water partition coefficient (Wildman–Crippen LogP) is 1.86. The number of carbonyl (C=O) groups excluding carboxylic acids is 1. The van der Waals surface area contributed by atoms with Gasteiger partial charge in [-0.05, 0) is 31.2 Å². The number of hydrogen-bond acceptors (Lipinski definition) is 4. The van der Waals surface area contributed by atoms with Gasteiger partial charge in [0.1, 0.15) is 11.7 Å². The number of aliphatic hydroxyl groups is 1. The van der Waals surface area contributed by atoms with Crippen LogP contribution in [0.2, 0.25) is 4.34 Å². The Kier molecular flexibility index (Phi) is 4.59. The van der Waals surface area contributed by atoms with E-state index in [1.807, 2.05) is 0 Å². The van der Waals surface area contributed by atoms with E-state index in [1.165, 1.54) is 17.4 Å². The number of aromatic amines is 1. The highest BCUT2D eigenvalue weighted by molar-refractivity contribution is 7.16. The highest BCUT2D eigenvalue weighted by atomic mass is 35.5. The van der Waals surface area contributed by atoms with Gasteiger partial charge in [-0.2, -0.15) is 0 Å². The molecule has 0 spiro atoms. The van der Waals surface area contributed by atoms with Gasteiger partial charge in [-0.15, -0.1) is 11.3 Å². The molecule has 0 saturated carbocycles. The molecular formula is C13H13ClN2O3S. The maximum absolute atomic E-state index is 11.9. The Balaban J connectivity index is 2.00. The summed E-state index contributed by atoms with van der Waals surface area (Å²) in [6.07, 6.45) is -0.846. The van der Waals surface area contributed by atoms with Crippen LogP contribution >= 0.6 is 22.9 Å². The zero-order chi connectivity index (χ0) is 14.7. The van der Waals surface area contributed by atoms with Crippen LogP contribution in [0.3, 0.4) is 0 Å². The Morgan fingerprint density at radius 2 is 2.20 bits per heavy atom. The molecular weight excluding hydrogens is 300 g/mol. The molecule has 2 rings (SSSR count). The van der Waals surface area contributed by atoms with Gasteiger partial charge in [0, 0.05) is 17.1 Å². The Labute approximate surface area is 124 Å². The first-order chi connectivity index (χ1) is 9.47. The van der Waals surface area contributed by atoms with Crippen LogP contribution in [0.4, 0.5) is 0 Å². The number of aliphatic hydroxyl groups excluding tert-OH is 1. The maximum atomic E-state index is 11.9. The Bertz CT molecular complexity index is 680. The van der Waals surface area contributed by atoms with Gasteiger partial charge >= 0.3 is 0 Å². The Morgan fingerprint density at radius 3 is 2.80 bits per heavy atom. The molecule has 0 aliphatic rings. The molecule has 1 atom stereocenters. The lowest BCUT2D eigenvalue weighted by molar-refractivity contribution is 0.0916. The minimum atomic E-state index is -0.846. The summed E-state index contributed by atoms with van der Waals surface area (Å²) in [7, 11) is 0. The first-order valence-corrected chi connectivity index (χ1v) is 7.08. The summed E-state index contributed by atoms with van der Waals surface area (Å²) < 4.78 is 0.570. The summed E-state index contributed by atoms with van der Waals surface area (Å²) in [5, 5.41) is 12.4. The van der Waals surface area contributed by atoms with Crippen molar-refractivity contribution < 1.29 is 9.90 Å². The molecule has 0 bridgehead atoms. The Morgan fingerprint density at radius 1 is 1.45 bits per heavy atom. The van der Waals surface area contributed by atoms with Crippen molar-refractivity contribution >= 4 is 28.8 Å². The topological polar surface area (TPSA) is 82.2 Å². The van der Waals surface area contributed by atoms with Crippen LogP contribution in [0.15, 0.2) is 29.1 Å². The summed E-state index contributed by atoms with van der Waals surface area (Å²) in [4.78, 5) is 26.7. The lowest BCUT2D eigenvalue weighted by Gasteiger charge is -2.10. The molecule has 20 heavy (non-hydrogen) atoms. The number of nitrogens with one attached hydrogen (secondary N) is 2. The molecule has 0 saturated heterocycles. The zero-order valence-corrected chi connectivity index (χ0v) is 12.2. The van der Waals surface area contributed by atoms with Gasteiger partial charge in [0.2, 0.25) is 0 Å². The second kappa shape index (κ2) is 6.21. The normalized spacial score (nSPS) is 12.2.